The summed E-state index contributed by atoms with van der Waals surface area (Å²) in [6, 6.07) is 8.49. The third kappa shape index (κ3) is 5.34. The SMILES string of the molecule is COc1c(F)cccc1S(=O)(=O)N1C[C@H](CNC(C)=O)Cc2ccc(N(C(=O)O)C(C)(C)C)cc21. The van der Waals surface area contributed by atoms with E-state index in [4.69, 9.17) is 4.74 Å². The molecule has 0 aromatic heterocycles. The van der Waals surface area contributed by atoms with E-state index in [1.807, 2.05) is 0 Å². The zero-order valence-corrected chi connectivity index (χ0v) is 21.1. The number of halogens is 1. The Morgan fingerprint density at radius 1 is 1.26 bits per heavy atom. The van der Waals surface area contributed by atoms with Crippen molar-refractivity contribution in [2.24, 2.45) is 5.92 Å². The molecule has 0 bridgehead atoms. The Balaban J connectivity index is 2.19. The normalized spacial score (nSPS) is 15.8. The van der Waals surface area contributed by atoms with Gasteiger partial charge in [0.25, 0.3) is 10.0 Å². The quantitative estimate of drug-likeness (QED) is 0.617. The standard InChI is InChI=1S/C24H30FN3O6S/c1-15(29)26-13-16-11-17-9-10-18(28(23(30)31)24(2,3)4)12-20(17)27(14-16)35(32,33)21-8-6-7-19(25)22(21)34-5/h6-10,12,16H,11,13-14H2,1-5H3,(H,26,29)(H,30,31)/t16-/m0/s1. The molecule has 2 N–H and O–H groups in total. The molecular weight excluding hydrogens is 477 g/mol. The molecule has 1 aliphatic heterocycles. The summed E-state index contributed by atoms with van der Waals surface area (Å²) in [5.74, 6) is -1.73. The Morgan fingerprint density at radius 3 is 2.51 bits per heavy atom. The lowest BCUT2D eigenvalue weighted by Gasteiger charge is -2.38. The number of amides is 2. The van der Waals surface area contributed by atoms with Crippen LogP contribution in [0.25, 0.3) is 0 Å². The molecule has 0 saturated carbocycles. The van der Waals surface area contributed by atoms with Crippen molar-refractivity contribution in [2.45, 2.75) is 44.6 Å². The Bertz CT molecular complexity index is 1240. The lowest BCUT2D eigenvalue weighted by Crippen LogP contribution is -2.46. The predicted octanol–water partition coefficient (Wildman–Crippen LogP) is 3.62. The van der Waals surface area contributed by atoms with E-state index >= 15 is 0 Å². The van der Waals surface area contributed by atoms with Crippen molar-refractivity contribution < 1.29 is 32.2 Å². The molecule has 1 atom stereocenters. The van der Waals surface area contributed by atoms with Crippen LogP contribution in [0, 0.1) is 11.7 Å². The van der Waals surface area contributed by atoms with Gasteiger partial charge in [-0.2, -0.15) is 0 Å². The van der Waals surface area contributed by atoms with Crippen LogP contribution < -0.4 is 19.3 Å². The van der Waals surface area contributed by atoms with Gasteiger partial charge in [-0.15, -0.1) is 0 Å². The number of carbonyl (C=O) groups excluding carboxylic acids is 1. The molecule has 1 heterocycles. The van der Waals surface area contributed by atoms with E-state index in [1.165, 1.54) is 32.2 Å². The van der Waals surface area contributed by atoms with Crippen molar-refractivity contribution >= 4 is 33.4 Å². The first-order valence-electron chi connectivity index (χ1n) is 11.0. The van der Waals surface area contributed by atoms with Gasteiger partial charge >= 0.3 is 6.09 Å². The second kappa shape index (κ2) is 9.73. The molecule has 0 unspecified atom stereocenters. The van der Waals surface area contributed by atoms with Crippen LogP contribution in [0.4, 0.5) is 20.6 Å². The van der Waals surface area contributed by atoms with Crippen LogP contribution in [-0.2, 0) is 21.2 Å². The van der Waals surface area contributed by atoms with Crippen molar-refractivity contribution in [2.75, 3.05) is 29.4 Å². The Labute approximate surface area is 204 Å². The number of anilines is 2. The van der Waals surface area contributed by atoms with Crippen molar-refractivity contribution in [1.29, 1.82) is 0 Å². The maximum Gasteiger partial charge on any atom is 0.412 e. The number of benzene rings is 2. The monoisotopic (exact) mass is 507 g/mol. The third-order valence-electron chi connectivity index (χ3n) is 5.73. The minimum Gasteiger partial charge on any atom is -0.492 e. The summed E-state index contributed by atoms with van der Waals surface area (Å²) in [5, 5.41) is 12.6. The molecule has 0 fully saturated rings. The second-order valence-corrected chi connectivity index (χ2v) is 11.2. The smallest absolute Gasteiger partial charge is 0.412 e. The summed E-state index contributed by atoms with van der Waals surface area (Å²) in [6.07, 6.45) is -0.719. The molecule has 35 heavy (non-hydrogen) atoms. The van der Waals surface area contributed by atoms with Crippen LogP contribution in [0.1, 0.15) is 33.3 Å². The van der Waals surface area contributed by atoms with Gasteiger partial charge < -0.3 is 15.2 Å². The largest absolute Gasteiger partial charge is 0.492 e. The number of nitrogens with zero attached hydrogens (tertiary/aromatic N) is 2. The predicted molar refractivity (Wildman–Crippen MR) is 130 cm³/mol. The molecule has 2 aromatic carbocycles. The van der Waals surface area contributed by atoms with E-state index in [1.54, 1.807) is 32.9 Å². The number of methoxy groups -OCH3 is 1. The topological polar surface area (TPSA) is 116 Å². The average molecular weight is 508 g/mol. The fourth-order valence-corrected chi connectivity index (χ4v) is 5.99. The van der Waals surface area contributed by atoms with E-state index < -0.39 is 33.2 Å². The summed E-state index contributed by atoms with van der Waals surface area (Å²) < 4.78 is 48.3. The number of ether oxygens (including phenoxy) is 1. The number of carbonyl (C=O) groups is 2. The van der Waals surface area contributed by atoms with E-state index in [9.17, 15) is 27.5 Å². The summed E-state index contributed by atoms with van der Waals surface area (Å²) >= 11 is 0. The molecule has 2 amide bonds. The van der Waals surface area contributed by atoms with Gasteiger partial charge in [-0.25, -0.2) is 17.6 Å². The van der Waals surface area contributed by atoms with Crippen LogP contribution >= 0.6 is 0 Å². The molecule has 3 rings (SSSR count). The van der Waals surface area contributed by atoms with Gasteiger partial charge in [-0.1, -0.05) is 12.1 Å². The van der Waals surface area contributed by atoms with Crippen LogP contribution in [-0.4, -0.2) is 51.3 Å². The lowest BCUT2D eigenvalue weighted by atomic mass is 9.93. The van der Waals surface area contributed by atoms with Gasteiger partial charge in [0, 0.05) is 31.2 Å². The number of para-hydroxylation sites is 1. The molecule has 0 saturated heterocycles. The number of hydrogen-bond donors (Lipinski definition) is 2. The summed E-state index contributed by atoms with van der Waals surface area (Å²) in [4.78, 5) is 24.3. The summed E-state index contributed by atoms with van der Waals surface area (Å²) in [6.45, 7) is 6.82. The number of nitrogens with one attached hydrogen (secondary N) is 1. The maximum atomic E-state index is 14.4. The second-order valence-electron chi connectivity index (χ2n) is 9.42. The number of sulfonamides is 1. The zero-order valence-electron chi connectivity index (χ0n) is 20.3. The number of rotatable bonds is 6. The highest BCUT2D eigenvalue weighted by atomic mass is 32.2. The summed E-state index contributed by atoms with van der Waals surface area (Å²) in [7, 11) is -3.13. The van der Waals surface area contributed by atoms with E-state index in [0.717, 1.165) is 15.3 Å². The Hall–Kier alpha value is -3.34. The molecule has 2 aromatic rings. The first-order valence-corrected chi connectivity index (χ1v) is 12.5. The third-order valence-corrected chi connectivity index (χ3v) is 7.54. The molecule has 1 aliphatic rings. The molecule has 0 spiro atoms. The van der Waals surface area contributed by atoms with Crippen molar-refractivity contribution in [3.63, 3.8) is 0 Å². The highest BCUT2D eigenvalue weighted by Crippen LogP contribution is 2.40. The van der Waals surface area contributed by atoms with Gasteiger partial charge in [0.1, 0.15) is 4.90 Å². The average Bonchev–Trinajstić information content (AvgIpc) is 2.75. The van der Waals surface area contributed by atoms with E-state index in [-0.39, 0.29) is 29.8 Å². The minimum absolute atomic E-state index is 0.00131. The maximum absolute atomic E-state index is 14.4. The van der Waals surface area contributed by atoms with Gasteiger partial charge in [-0.05, 0) is 62.9 Å². The fourth-order valence-electron chi connectivity index (χ4n) is 4.25. The van der Waals surface area contributed by atoms with Crippen LogP contribution in [0.5, 0.6) is 5.75 Å². The van der Waals surface area contributed by atoms with Gasteiger partial charge in [0.05, 0.1) is 12.8 Å². The van der Waals surface area contributed by atoms with Crippen LogP contribution in [0.15, 0.2) is 41.3 Å². The van der Waals surface area contributed by atoms with Crippen molar-refractivity contribution in [3.05, 3.63) is 47.8 Å². The molecule has 9 nitrogen and oxygen atoms in total. The lowest BCUT2D eigenvalue weighted by molar-refractivity contribution is -0.119. The van der Waals surface area contributed by atoms with Crippen LogP contribution in [0.2, 0.25) is 0 Å². The van der Waals surface area contributed by atoms with Gasteiger partial charge in [-0.3, -0.25) is 14.0 Å². The molecule has 11 heteroatoms. The van der Waals surface area contributed by atoms with Gasteiger partial charge in [0.2, 0.25) is 5.91 Å². The fraction of sp³-hybridized carbons (Fsp3) is 0.417. The first kappa shape index (κ1) is 26.3. The highest BCUT2D eigenvalue weighted by Gasteiger charge is 2.37. The van der Waals surface area contributed by atoms with Crippen LogP contribution in [0.3, 0.4) is 0 Å². The summed E-state index contributed by atoms with van der Waals surface area (Å²) in [5.41, 5.74) is 0.463. The van der Waals surface area contributed by atoms with E-state index in [0.29, 0.717) is 23.4 Å². The first-order chi connectivity index (χ1) is 16.3. The highest BCUT2D eigenvalue weighted by molar-refractivity contribution is 7.93. The van der Waals surface area contributed by atoms with Crippen molar-refractivity contribution in [3.8, 4) is 5.75 Å². The molecule has 0 aliphatic carbocycles. The number of hydrogen-bond acceptors (Lipinski definition) is 5. The molecular formula is C24H30FN3O6S. The number of fused-ring (bicyclic) bond motifs is 1. The molecule has 190 valence electrons. The van der Waals surface area contributed by atoms with Gasteiger partial charge in [0.15, 0.2) is 11.6 Å². The minimum atomic E-state index is -4.32. The molecule has 0 radical (unpaired) electrons. The Morgan fingerprint density at radius 2 is 1.94 bits per heavy atom. The Kier molecular flexibility index (Phi) is 7.30. The zero-order chi connectivity index (χ0) is 26.1. The number of carboxylic acid groups (broad SMARTS) is 1. The van der Waals surface area contributed by atoms with Crippen molar-refractivity contribution in [1.82, 2.24) is 5.32 Å². The van der Waals surface area contributed by atoms with E-state index in [2.05, 4.69) is 5.32 Å².